The van der Waals surface area contributed by atoms with E-state index >= 15 is 0 Å². The maximum Gasteiger partial charge on any atom is 0.241 e. The van der Waals surface area contributed by atoms with E-state index in [-0.39, 0.29) is 5.91 Å². The van der Waals surface area contributed by atoms with Gasteiger partial charge in [0.05, 0.1) is 18.8 Å². The molecule has 1 fully saturated rings. The fraction of sp³-hybridized carbons (Fsp3) is 0.562. The Hall–Kier alpha value is -1.71. The zero-order valence-electron chi connectivity index (χ0n) is 12.4. The number of nitrogens with zero attached hydrogens (tertiary/aromatic N) is 1. The number of amides is 1. The van der Waals surface area contributed by atoms with Crippen LogP contribution in [0.3, 0.4) is 0 Å². The van der Waals surface area contributed by atoms with Crippen molar-refractivity contribution in [3.05, 3.63) is 24.3 Å². The fourth-order valence-corrected chi connectivity index (χ4v) is 2.43. The molecule has 1 heterocycles. The van der Waals surface area contributed by atoms with Crippen molar-refractivity contribution in [3.8, 4) is 5.75 Å². The monoisotopic (exact) mass is 276 g/mol. The minimum atomic E-state index is 0.170. The van der Waals surface area contributed by atoms with E-state index in [0.29, 0.717) is 13.2 Å². The van der Waals surface area contributed by atoms with Crippen LogP contribution >= 0.6 is 0 Å². The number of nitrogens with one attached hydrogen (secondary N) is 1. The third-order valence-corrected chi connectivity index (χ3v) is 3.75. The van der Waals surface area contributed by atoms with Crippen molar-refractivity contribution in [2.24, 2.45) is 5.92 Å². The summed E-state index contributed by atoms with van der Waals surface area (Å²) in [4.78, 5) is 14.1. The molecule has 20 heavy (non-hydrogen) atoms. The van der Waals surface area contributed by atoms with Crippen LogP contribution in [0.1, 0.15) is 26.7 Å². The summed E-state index contributed by atoms with van der Waals surface area (Å²) < 4.78 is 5.54. The molecule has 2 rings (SSSR count). The zero-order valence-corrected chi connectivity index (χ0v) is 12.4. The van der Waals surface area contributed by atoms with Crippen LogP contribution in [-0.4, -0.2) is 37.0 Å². The number of anilines is 1. The molecule has 0 spiro atoms. The number of hydrogen-bond donors (Lipinski definition) is 1. The second-order valence-electron chi connectivity index (χ2n) is 5.35. The Morgan fingerprint density at radius 3 is 2.75 bits per heavy atom. The summed E-state index contributed by atoms with van der Waals surface area (Å²) in [5.41, 5.74) is 0.882. The van der Waals surface area contributed by atoms with Crippen LogP contribution in [0.25, 0.3) is 0 Å². The van der Waals surface area contributed by atoms with Gasteiger partial charge in [0, 0.05) is 13.1 Å². The Kier molecular flexibility index (Phi) is 5.27. The average Bonchev–Trinajstić information content (AvgIpc) is 2.47. The highest BCUT2D eigenvalue weighted by Crippen LogP contribution is 2.23. The molecule has 0 aromatic heterocycles. The molecule has 4 heteroatoms. The molecule has 1 N–H and O–H groups in total. The highest BCUT2D eigenvalue weighted by Gasteiger charge is 2.20. The molecule has 1 saturated heterocycles. The summed E-state index contributed by atoms with van der Waals surface area (Å²) in [7, 11) is 0. The number of likely N-dealkylation sites (tertiary alicyclic amines) is 1. The summed E-state index contributed by atoms with van der Waals surface area (Å²) in [6.45, 7) is 6.92. The van der Waals surface area contributed by atoms with Crippen LogP contribution in [0, 0.1) is 5.92 Å². The smallest absolute Gasteiger partial charge is 0.241 e. The molecule has 1 aromatic rings. The number of benzene rings is 1. The Morgan fingerprint density at radius 1 is 1.35 bits per heavy atom. The SMILES string of the molecule is CCOc1ccccc1NCC(=O)N1CCC(C)CC1. The number of piperidine rings is 1. The number of para-hydroxylation sites is 2. The molecule has 4 nitrogen and oxygen atoms in total. The van der Waals surface area contributed by atoms with Crippen molar-refractivity contribution >= 4 is 11.6 Å². The zero-order chi connectivity index (χ0) is 14.4. The third kappa shape index (κ3) is 3.89. The quantitative estimate of drug-likeness (QED) is 0.899. The Bertz CT molecular complexity index is 440. The van der Waals surface area contributed by atoms with Crippen LogP contribution in [0.15, 0.2) is 24.3 Å². The molecular formula is C16H24N2O2. The first kappa shape index (κ1) is 14.7. The van der Waals surface area contributed by atoms with E-state index in [1.54, 1.807) is 0 Å². The topological polar surface area (TPSA) is 41.6 Å². The standard InChI is InChI=1S/C16H24N2O2/c1-3-20-15-7-5-4-6-14(15)17-12-16(19)18-10-8-13(2)9-11-18/h4-7,13,17H,3,8-12H2,1-2H3. The molecule has 0 unspecified atom stereocenters. The summed E-state index contributed by atoms with van der Waals surface area (Å²) in [6, 6.07) is 7.73. The molecule has 0 atom stereocenters. The van der Waals surface area contributed by atoms with Gasteiger partial charge in [0.1, 0.15) is 5.75 Å². The summed E-state index contributed by atoms with van der Waals surface area (Å²) in [5, 5.41) is 3.19. The van der Waals surface area contributed by atoms with Gasteiger partial charge in [-0.15, -0.1) is 0 Å². The summed E-state index contributed by atoms with van der Waals surface area (Å²) in [6.07, 6.45) is 2.22. The average molecular weight is 276 g/mol. The number of carbonyl (C=O) groups excluding carboxylic acids is 1. The molecular weight excluding hydrogens is 252 g/mol. The van der Waals surface area contributed by atoms with Gasteiger partial charge >= 0.3 is 0 Å². The molecule has 1 aromatic carbocycles. The van der Waals surface area contributed by atoms with Gasteiger partial charge in [-0.05, 0) is 37.8 Å². The molecule has 0 aliphatic carbocycles. The number of rotatable bonds is 5. The molecule has 0 bridgehead atoms. The van der Waals surface area contributed by atoms with Crippen LogP contribution in [0.4, 0.5) is 5.69 Å². The lowest BCUT2D eigenvalue weighted by Gasteiger charge is -2.30. The van der Waals surface area contributed by atoms with Crippen LogP contribution in [0.5, 0.6) is 5.75 Å². The van der Waals surface area contributed by atoms with E-state index in [2.05, 4.69) is 12.2 Å². The first-order chi connectivity index (χ1) is 9.70. The van der Waals surface area contributed by atoms with Crippen molar-refractivity contribution in [2.45, 2.75) is 26.7 Å². The van der Waals surface area contributed by atoms with Crippen molar-refractivity contribution < 1.29 is 9.53 Å². The summed E-state index contributed by atoms with van der Waals surface area (Å²) in [5.74, 6) is 1.71. The van der Waals surface area contributed by atoms with Gasteiger partial charge in [0.2, 0.25) is 5.91 Å². The number of hydrogen-bond acceptors (Lipinski definition) is 3. The second-order valence-corrected chi connectivity index (χ2v) is 5.35. The van der Waals surface area contributed by atoms with Crippen LogP contribution in [-0.2, 0) is 4.79 Å². The van der Waals surface area contributed by atoms with Gasteiger partial charge in [-0.25, -0.2) is 0 Å². The molecule has 110 valence electrons. The first-order valence-corrected chi connectivity index (χ1v) is 7.44. The van der Waals surface area contributed by atoms with E-state index in [4.69, 9.17) is 4.74 Å². The maximum atomic E-state index is 12.2. The van der Waals surface area contributed by atoms with Gasteiger partial charge in [-0.1, -0.05) is 19.1 Å². The third-order valence-electron chi connectivity index (χ3n) is 3.75. The number of ether oxygens (including phenoxy) is 1. The van der Waals surface area contributed by atoms with Crippen LogP contribution < -0.4 is 10.1 Å². The predicted molar refractivity (Wildman–Crippen MR) is 81.1 cm³/mol. The van der Waals surface area contributed by atoms with Gasteiger partial charge in [-0.3, -0.25) is 4.79 Å². The largest absolute Gasteiger partial charge is 0.492 e. The lowest BCUT2D eigenvalue weighted by Crippen LogP contribution is -2.40. The normalized spacial score (nSPS) is 16.0. The minimum Gasteiger partial charge on any atom is -0.492 e. The minimum absolute atomic E-state index is 0.170. The van der Waals surface area contributed by atoms with E-state index in [1.165, 1.54) is 0 Å². The second kappa shape index (κ2) is 7.17. The maximum absolute atomic E-state index is 12.2. The van der Waals surface area contributed by atoms with Crippen LogP contribution in [0.2, 0.25) is 0 Å². The molecule has 0 saturated carbocycles. The Morgan fingerprint density at radius 2 is 2.05 bits per heavy atom. The van der Waals surface area contributed by atoms with Crippen molar-refractivity contribution in [1.82, 2.24) is 4.90 Å². The van der Waals surface area contributed by atoms with Gasteiger partial charge in [0.25, 0.3) is 0 Å². The van der Waals surface area contributed by atoms with Gasteiger partial charge in [0.15, 0.2) is 0 Å². The highest BCUT2D eigenvalue weighted by molar-refractivity contribution is 5.81. The van der Waals surface area contributed by atoms with E-state index < -0.39 is 0 Å². The number of carbonyl (C=O) groups is 1. The highest BCUT2D eigenvalue weighted by atomic mass is 16.5. The summed E-state index contributed by atoms with van der Waals surface area (Å²) >= 11 is 0. The van der Waals surface area contributed by atoms with E-state index in [9.17, 15) is 4.79 Å². The Labute approximate surface area is 121 Å². The van der Waals surface area contributed by atoms with Crippen molar-refractivity contribution in [2.75, 3.05) is 31.6 Å². The fourth-order valence-electron chi connectivity index (χ4n) is 2.43. The molecule has 1 amide bonds. The molecule has 0 radical (unpaired) electrons. The van der Waals surface area contributed by atoms with Crippen molar-refractivity contribution in [3.63, 3.8) is 0 Å². The van der Waals surface area contributed by atoms with E-state index in [0.717, 1.165) is 43.3 Å². The lowest BCUT2D eigenvalue weighted by molar-refractivity contribution is -0.130. The van der Waals surface area contributed by atoms with E-state index in [1.807, 2.05) is 36.1 Å². The van der Waals surface area contributed by atoms with Crippen molar-refractivity contribution in [1.29, 1.82) is 0 Å². The predicted octanol–water partition coefficient (Wildman–Crippen LogP) is 2.76. The lowest BCUT2D eigenvalue weighted by atomic mass is 9.99. The first-order valence-electron chi connectivity index (χ1n) is 7.44. The Balaban J connectivity index is 1.87. The molecule has 1 aliphatic rings. The van der Waals surface area contributed by atoms with Gasteiger partial charge < -0.3 is 15.0 Å². The van der Waals surface area contributed by atoms with Gasteiger partial charge in [-0.2, -0.15) is 0 Å². The molecule has 1 aliphatic heterocycles.